The third-order valence-corrected chi connectivity index (χ3v) is 2.82. The molecule has 0 bridgehead atoms. The van der Waals surface area contributed by atoms with E-state index in [2.05, 4.69) is 5.32 Å². The van der Waals surface area contributed by atoms with Gasteiger partial charge in [0.25, 0.3) is 11.8 Å². The van der Waals surface area contributed by atoms with Crippen molar-refractivity contribution in [3.05, 3.63) is 0 Å². The largest absolute Gasteiger partial charge is 0.481 e. The van der Waals surface area contributed by atoms with Crippen LogP contribution in [0.5, 0.6) is 0 Å². The molecule has 0 radical (unpaired) electrons. The number of aliphatic hydroxyl groups excluding tert-OH is 1. The molecule has 13 nitrogen and oxygen atoms in total. The van der Waals surface area contributed by atoms with Gasteiger partial charge >= 0.3 is 18.0 Å². The number of amides is 4. The first-order valence-electron chi connectivity index (χ1n) is 7.00. The lowest BCUT2D eigenvalue weighted by Gasteiger charge is -2.20. The Bertz CT molecular complexity index is 538. The lowest BCUT2D eigenvalue weighted by molar-refractivity contribution is -0.142. The van der Waals surface area contributed by atoms with E-state index in [1.54, 1.807) is 0 Å². The molecule has 0 aromatic heterocycles. The summed E-state index contributed by atoms with van der Waals surface area (Å²) in [6.45, 7) is 2.39. The Morgan fingerprint density at radius 3 is 1.92 bits per heavy atom. The number of aliphatic hydroxyl groups is 1. The van der Waals surface area contributed by atoms with Gasteiger partial charge in [-0.2, -0.15) is 0 Å². The number of carbonyl (C=O) groups excluding carboxylic acids is 3. The maximum Gasteiger partial charge on any atom is 0.328 e. The smallest absolute Gasteiger partial charge is 0.328 e. The first-order chi connectivity index (χ1) is 11.5. The van der Waals surface area contributed by atoms with Crippen molar-refractivity contribution < 1.29 is 39.3 Å². The molecule has 142 valence electrons. The minimum Gasteiger partial charge on any atom is -0.481 e. The third kappa shape index (κ3) is 8.47. The molecule has 0 fully saturated rings. The molecule has 0 aromatic rings. The highest BCUT2D eigenvalue weighted by atomic mass is 16.4. The van der Waals surface area contributed by atoms with E-state index in [9.17, 15) is 29.1 Å². The zero-order valence-electron chi connectivity index (χ0n) is 13.5. The lowest BCUT2D eigenvalue weighted by Crippen LogP contribution is -2.57. The normalized spacial score (nSPS) is 15.0. The van der Waals surface area contributed by atoms with Gasteiger partial charge in [-0.15, -0.1) is 0 Å². The third-order valence-electron chi connectivity index (χ3n) is 2.82. The summed E-state index contributed by atoms with van der Waals surface area (Å²) in [7, 11) is 0. The molecule has 0 saturated heterocycles. The highest BCUT2D eigenvalue weighted by Crippen LogP contribution is 1.93. The summed E-state index contributed by atoms with van der Waals surface area (Å²) in [6.07, 6.45) is -2.02. The van der Waals surface area contributed by atoms with Gasteiger partial charge in [-0.05, 0) is 13.8 Å². The second kappa shape index (κ2) is 10.0. The topological polar surface area (TPSA) is 220 Å². The van der Waals surface area contributed by atoms with Crippen LogP contribution in [0.3, 0.4) is 0 Å². The van der Waals surface area contributed by atoms with Crippen molar-refractivity contribution >= 4 is 29.8 Å². The standard InChI is InChI=1S/C12H21N5O8/c1-4(14-12(25)15-8(5(2)18)11(23)24)9(21)16-17-10(22)6(13)3-7(19)20/h4-6,8,18H,3,13H2,1-2H3,(H,16,21)(H,17,22)(H,19,20)(H,23,24)(H2,14,15,25)/t4-,5?,6-,8-/m0/s1. The van der Waals surface area contributed by atoms with Crippen LogP contribution in [0.15, 0.2) is 0 Å². The SMILES string of the molecule is CC(O)[C@H](NC(=O)N[C@@H](C)C(=O)NNC(=O)[C@@H](N)CC(=O)O)C(=O)O. The summed E-state index contributed by atoms with van der Waals surface area (Å²) in [4.78, 5) is 55.9. The average molecular weight is 363 g/mol. The molecule has 4 atom stereocenters. The van der Waals surface area contributed by atoms with Gasteiger partial charge in [-0.1, -0.05) is 0 Å². The molecule has 0 rings (SSSR count). The molecule has 1 unspecified atom stereocenters. The van der Waals surface area contributed by atoms with E-state index in [1.165, 1.54) is 6.92 Å². The molecular weight excluding hydrogens is 342 g/mol. The van der Waals surface area contributed by atoms with Crippen molar-refractivity contribution in [3.8, 4) is 0 Å². The number of aliphatic carboxylic acids is 2. The molecule has 0 aromatic carbocycles. The first-order valence-corrected chi connectivity index (χ1v) is 7.00. The summed E-state index contributed by atoms with van der Waals surface area (Å²) < 4.78 is 0. The molecule has 25 heavy (non-hydrogen) atoms. The van der Waals surface area contributed by atoms with Gasteiger partial charge in [0.1, 0.15) is 6.04 Å². The van der Waals surface area contributed by atoms with Gasteiger partial charge in [0, 0.05) is 0 Å². The number of urea groups is 1. The molecule has 0 spiro atoms. The van der Waals surface area contributed by atoms with Crippen LogP contribution < -0.4 is 27.2 Å². The minimum atomic E-state index is -1.58. The highest BCUT2D eigenvalue weighted by molar-refractivity contribution is 5.91. The summed E-state index contributed by atoms with van der Waals surface area (Å²) in [5, 5.41) is 30.6. The second-order valence-electron chi connectivity index (χ2n) is 5.08. The zero-order chi connectivity index (χ0) is 19.7. The zero-order valence-corrected chi connectivity index (χ0v) is 13.5. The summed E-state index contributed by atoms with van der Waals surface area (Å²) in [5.74, 6) is -4.60. The van der Waals surface area contributed by atoms with Gasteiger partial charge < -0.3 is 31.7 Å². The van der Waals surface area contributed by atoms with Crippen LogP contribution in [0.2, 0.25) is 0 Å². The Kier molecular flexibility index (Phi) is 8.87. The number of nitrogens with one attached hydrogen (secondary N) is 4. The number of rotatable bonds is 8. The van der Waals surface area contributed by atoms with Crippen molar-refractivity contribution in [2.24, 2.45) is 5.73 Å². The Morgan fingerprint density at radius 2 is 1.48 bits per heavy atom. The fourth-order valence-corrected chi connectivity index (χ4v) is 1.44. The highest BCUT2D eigenvalue weighted by Gasteiger charge is 2.26. The second-order valence-corrected chi connectivity index (χ2v) is 5.08. The molecule has 0 aliphatic rings. The Morgan fingerprint density at radius 1 is 0.960 bits per heavy atom. The fraction of sp³-hybridized carbons (Fsp3) is 0.583. The van der Waals surface area contributed by atoms with Gasteiger partial charge in [-0.3, -0.25) is 25.2 Å². The van der Waals surface area contributed by atoms with Crippen LogP contribution in [0.1, 0.15) is 20.3 Å². The number of hydrazine groups is 1. The molecule has 9 N–H and O–H groups in total. The number of carboxylic acid groups (broad SMARTS) is 2. The first kappa shape index (κ1) is 22.1. The monoisotopic (exact) mass is 363 g/mol. The van der Waals surface area contributed by atoms with E-state index in [0.717, 1.165) is 6.92 Å². The van der Waals surface area contributed by atoms with Gasteiger partial charge in [-0.25, -0.2) is 9.59 Å². The van der Waals surface area contributed by atoms with Gasteiger partial charge in [0.2, 0.25) is 0 Å². The van der Waals surface area contributed by atoms with Crippen molar-refractivity contribution in [1.29, 1.82) is 0 Å². The molecular formula is C12H21N5O8. The summed E-state index contributed by atoms with van der Waals surface area (Å²) >= 11 is 0. The van der Waals surface area contributed by atoms with Crippen molar-refractivity contribution in [2.75, 3.05) is 0 Å². The van der Waals surface area contributed by atoms with Crippen LogP contribution >= 0.6 is 0 Å². The van der Waals surface area contributed by atoms with Crippen LogP contribution in [0.4, 0.5) is 4.79 Å². The molecule has 4 amide bonds. The molecule has 0 saturated carbocycles. The van der Waals surface area contributed by atoms with E-state index < -0.39 is 60.4 Å². The van der Waals surface area contributed by atoms with E-state index in [-0.39, 0.29) is 0 Å². The summed E-state index contributed by atoms with van der Waals surface area (Å²) in [5.41, 5.74) is 9.08. The summed E-state index contributed by atoms with van der Waals surface area (Å²) in [6, 6.07) is -5.19. The molecule has 0 heterocycles. The molecule has 0 aliphatic carbocycles. The average Bonchev–Trinajstić information content (AvgIpc) is 2.48. The minimum absolute atomic E-state index is 0.645. The quantitative estimate of drug-likeness (QED) is 0.200. The van der Waals surface area contributed by atoms with Crippen LogP contribution in [0, 0.1) is 0 Å². The number of hydrogen-bond acceptors (Lipinski definition) is 7. The fourth-order valence-electron chi connectivity index (χ4n) is 1.44. The predicted octanol–water partition coefficient (Wildman–Crippen LogP) is -3.54. The van der Waals surface area contributed by atoms with Crippen molar-refractivity contribution in [2.45, 2.75) is 44.5 Å². The van der Waals surface area contributed by atoms with Crippen LogP contribution in [-0.4, -0.2) is 69.3 Å². The van der Waals surface area contributed by atoms with Crippen molar-refractivity contribution in [3.63, 3.8) is 0 Å². The van der Waals surface area contributed by atoms with Crippen LogP contribution in [-0.2, 0) is 19.2 Å². The lowest BCUT2D eigenvalue weighted by atomic mass is 10.2. The van der Waals surface area contributed by atoms with E-state index >= 15 is 0 Å². The van der Waals surface area contributed by atoms with E-state index in [0.29, 0.717) is 0 Å². The maximum atomic E-state index is 11.7. The predicted molar refractivity (Wildman–Crippen MR) is 80.7 cm³/mol. The Balaban J connectivity index is 4.42. The maximum absolute atomic E-state index is 11.7. The van der Waals surface area contributed by atoms with Gasteiger partial charge in [0.05, 0.1) is 18.6 Å². The van der Waals surface area contributed by atoms with E-state index in [4.69, 9.17) is 15.9 Å². The van der Waals surface area contributed by atoms with E-state index in [1.807, 2.05) is 16.2 Å². The number of carboxylic acids is 2. The molecule has 0 aliphatic heterocycles. The number of carbonyl (C=O) groups is 5. The number of nitrogens with two attached hydrogens (primary N) is 1. The molecule has 13 heteroatoms. The van der Waals surface area contributed by atoms with Gasteiger partial charge in [0.15, 0.2) is 6.04 Å². The van der Waals surface area contributed by atoms with Crippen molar-refractivity contribution in [1.82, 2.24) is 21.5 Å². The Labute approximate surface area is 141 Å². The Hall–Kier alpha value is -2.93. The number of hydrogen-bond donors (Lipinski definition) is 8. The van der Waals surface area contributed by atoms with Crippen LogP contribution in [0.25, 0.3) is 0 Å².